The number of anilines is 2. The van der Waals surface area contributed by atoms with Gasteiger partial charge in [0.1, 0.15) is 68.7 Å². The molecule has 8 aromatic carbocycles. The van der Waals surface area contributed by atoms with Crippen LogP contribution in [0, 0.1) is 0 Å². The number of alkyl halides is 14. The van der Waals surface area contributed by atoms with Gasteiger partial charge in [0.25, 0.3) is 0 Å². The first-order valence-electron chi connectivity index (χ1n) is 40.5. The van der Waals surface area contributed by atoms with E-state index in [1.165, 1.54) is 22.3 Å². The molecule has 0 fully saturated rings. The molecule has 0 amide bonds. The van der Waals surface area contributed by atoms with E-state index < -0.39 is 86.0 Å². The quantitative estimate of drug-likeness (QED) is 0.00643. The van der Waals surface area contributed by atoms with E-state index in [0.717, 1.165) is 120 Å². The summed E-state index contributed by atoms with van der Waals surface area (Å²) in [5.74, 6) is -0.997. The van der Waals surface area contributed by atoms with Crippen LogP contribution in [0.5, 0.6) is 0 Å². The van der Waals surface area contributed by atoms with Crippen molar-refractivity contribution in [1.82, 2.24) is 9.15 Å². The predicted molar refractivity (Wildman–Crippen MR) is 494 cm³/mol. The molecule has 0 bridgehead atoms. The number of carbonyl (C=O) groups excluding carboxylic acids is 3. The molecule has 12 rings (SSSR count). The fourth-order valence-corrected chi connectivity index (χ4v) is 16.3. The molecule has 0 aromatic heterocycles. The zero-order chi connectivity index (χ0) is 101. The Morgan fingerprint density at radius 2 is 0.684 bits per heavy atom. The Labute approximate surface area is 785 Å². The van der Waals surface area contributed by atoms with E-state index in [1.54, 1.807) is 32.0 Å². The minimum absolute atomic E-state index is 0.0473. The highest BCUT2D eigenvalue weighted by atomic mass is 35.5. The lowest BCUT2D eigenvalue weighted by molar-refractivity contribution is -0.140. The largest absolute Gasteiger partial charge is 0.480 e. The van der Waals surface area contributed by atoms with E-state index in [1.807, 2.05) is 66.7 Å². The van der Waals surface area contributed by atoms with Crippen molar-refractivity contribution in [2.24, 2.45) is 0 Å². The molecule has 2 aliphatic heterocycles. The molecule has 0 spiro atoms. The Hall–Kier alpha value is -12.5. The minimum Gasteiger partial charge on any atom is -0.478 e. The van der Waals surface area contributed by atoms with Gasteiger partial charge in [-0.15, -0.1) is 23.2 Å². The van der Waals surface area contributed by atoms with Crippen molar-refractivity contribution in [3.8, 4) is 44.9 Å². The summed E-state index contributed by atoms with van der Waals surface area (Å²) >= 11 is 9.53. The molecule has 8 aromatic rings. The molecule has 728 valence electrons. The summed E-state index contributed by atoms with van der Waals surface area (Å²) in [7, 11) is -26.9. The molecule has 0 atom stereocenters. The number of carboxylic acid groups (broad SMARTS) is 1. The molecule has 2 heterocycles. The number of hydrogen-bond acceptors (Lipinski definition) is 20. The number of sulfonamides is 4. The number of benzene rings is 10. The van der Waals surface area contributed by atoms with E-state index in [2.05, 4.69) is 222 Å². The number of aliphatic hydroxyl groups is 1. The van der Waals surface area contributed by atoms with Crippen molar-refractivity contribution in [2.45, 2.75) is 89.8 Å². The standard InChI is InChI=1S/C44H43N2O5.C38H34N2O3.C6H10O3.2C2F6NO4S2.CH2Cl2/c1-5-45(6-2)35-21-23-38-41(28-35)51-40-24-22-34(46(29-32-15-9-7-10-16-32)30-33-17-11-8-12-18-33)27-39(40)42(38)36-19-13-14-20-37(36)44(48)50-26-25-49-43(47)31(3)4;1-3-39(4-2)30-19-21-33-36(24-30)43-35-22-20-29(23-34(35)37(33)31-17-11-12-18-32(31)38(41)42)40(25-27-13-7-5-8-14-27)26-28-15-9-6-10-16-28;1-5(2)6(8)9-4-3-7;2*3-1(4,5)14(10,11)9-15(12,13)2(6,7)8;2-1-3/h7-24,27-28H,3,5-6,25-26,29-30H2,1-2,4H3;5-24H,3-4,25-26H2,1-2H3;7H,1,3-4H2,2H3;;;1H2/q+1;;;2*-1;/p+1. The van der Waals surface area contributed by atoms with Crippen LogP contribution >= 0.6 is 23.2 Å². The number of rotatable bonds is 29. The molecule has 43 heteroatoms. The van der Waals surface area contributed by atoms with Gasteiger partial charge in [0.05, 0.1) is 35.2 Å². The van der Waals surface area contributed by atoms with Crippen molar-refractivity contribution in [3.63, 3.8) is 0 Å². The highest BCUT2D eigenvalue weighted by Gasteiger charge is 2.48. The molecule has 0 radical (unpaired) electrons. The van der Waals surface area contributed by atoms with Gasteiger partial charge in [0.15, 0.2) is 40.1 Å². The lowest BCUT2D eigenvalue weighted by Gasteiger charge is -2.26. The van der Waals surface area contributed by atoms with Crippen molar-refractivity contribution in [1.29, 1.82) is 0 Å². The molecular weight excluding hydrogens is 1930 g/mol. The maximum Gasteiger partial charge on any atom is 0.480 e. The third kappa shape index (κ3) is 30.5. The molecule has 4 aliphatic rings. The van der Waals surface area contributed by atoms with Crippen LogP contribution in [0.15, 0.2) is 276 Å². The Morgan fingerprint density at radius 3 is 0.978 bits per heavy atom. The average Bonchev–Trinajstić information content (AvgIpc) is 0.746. The van der Waals surface area contributed by atoms with E-state index in [0.29, 0.717) is 41.0 Å². The first kappa shape index (κ1) is 111. The Morgan fingerprint density at radius 1 is 0.397 bits per heavy atom. The van der Waals surface area contributed by atoms with Crippen LogP contribution in [0.3, 0.4) is 0 Å². The maximum absolute atomic E-state index is 13.7. The third-order valence-corrected chi connectivity index (χ3v) is 24.7. The van der Waals surface area contributed by atoms with Gasteiger partial charge in [-0.1, -0.05) is 171 Å². The molecule has 136 heavy (non-hydrogen) atoms. The normalized spacial score (nSPS) is 11.7. The van der Waals surface area contributed by atoms with E-state index in [-0.39, 0.29) is 42.9 Å². The van der Waals surface area contributed by atoms with Crippen LogP contribution in [0.2, 0.25) is 0 Å². The SMILES string of the molecule is C=C(C)C(=O)OCCO.C=C(C)C(=O)OCCOC(=O)c1ccccc1-c1c2ccc(=[N+](CC)CC)cc-2oc2ccc(N(Cc3ccccc3)Cc3ccccc3)cc12.CC[N+](CC)=c1ccc2c(-c3ccccc3C(=O)O)c3cc(N(Cc4ccccc4)Cc4ccccc4)ccc3oc-2c1.ClCCl.O=S(=O)([N-]S(=O)(=O)C(F)(F)F)C(F)(F)F.O=S(=O)([N-]S(=O)(=O)C(F)(F)F)C(F)(F)F. The van der Waals surface area contributed by atoms with Gasteiger partial charge in [-0.2, -0.15) is 52.7 Å². The van der Waals surface area contributed by atoms with Gasteiger partial charge in [-0.3, -0.25) is 0 Å². The van der Waals surface area contributed by atoms with Gasteiger partial charge in [0, 0.05) is 93.9 Å². The average molecular weight is 2020 g/mol. The number of esters is 3. The summed E-state index contributed by atoms with van der Waals surface area (Å²) in [4.78, 5) is 53.1. The second-order valence-corrected chi connectivity index (χ2v) is 36.3. The second kappa shape index (κ2) is 49.3. The molecule has 0 saturated heterocycles. The molecule has 0 saturated carbocycles. The van der Waals surface area contributed by atoms with Crippen molar-refractivity contribution in [2.75, 3.05) is 67.7 Å². The van der Waals surface area contributed by atoms with Crippen LogP contribution in [0.1, 0.15) is 84.5 Å². The van der Waals surface area contributed by atoms with Crippen molar-refractivity contribution < 1.29 is 139 Å². The number of fused-ring (bicyclic) bond motifs is 4. The molecule has 2 aliphatic carbocycles. The summed E-state index contributed by atoms with van der Waals surface area (Å²) < 4.78 is 251. The summed E-state index contributed by atoms with van der Waals surface area (Å²) in [6.45, 7) is 24.7. The number of hydrogen-bond donors (Lipinski definition) is 2. The molecular formula is C93H90Cl2F12N6O19S4. The first-order chi connectivity index (χ1) is 63.9. The van der Waals surface area contributed by atoms with E-state index >= 15 is 0 Å². The summed E-state index contributed by atoms with van der Waals surface area (Å²) in [6, 6.07) is 81.5. The summed E-state index contributed by atoms with van der Waals surface area (Å²) in [6.07, 6.45) is 0. The van der Waals surface area contributed by atoms with Crippen LogP contribution in [-0.4, -0.2) is 148 Å². The van der Waals surface area contributed by atoms with Crippen molar-refractivity contribution in [3.05, 3.63) is 319 Å². The molecule has 25 nitrogen and oxygen atoms in total. The summed E-state index contributed by atoms with van der Waals surface area (Å²) in [5, 5.41) is 22.5. The van der Waals surface area contributed by atoms with Gasteiger partial charge in [0.2, 0.25) is 10.7 Å². The Balaban J connectivity index is 0.000000263. The number of carbonyl (C=O) groups is 4. The van der Waals surface area contributed by atoms with Crippen LogP contribution in [-0.2, 0) is 90.1 Å². The smallest absolute Gasteiger partial charge is 0.478 e. The Bertz CT molecular complexity index is 6480. The second-order valence-electron chi connectivity index (χ2n) is 28.7. The first-order valence-corrected chi connectivity index (χ1v) is 47.3. The Kier molecular flexibility index (Phi) is 40.1. The summed E-state index contributed by atoms with van der Waals surface area (Å²) in [5.41, 5.74) is -10.3. The fourth-order valence-electron chi connectivity index (χ4n) is 12.9. The van der Waals surface area contributed by atoms with Crippen LogP contribution < -0.4 is 29.7 Å². The topological polar surface area (TPSA) is 340 Å². The molecule has 2 N–H and O–H groups in total. The van der Waals surface area contributed by atoms with Gasteiger partial charge >= 0.3 is 45.9 Å². The highest BCUT2D eigenvalue weighted by molar-refractivity contribution is 8.13. The number of halogens is 14. The minimum atomic E-state index is -6.72. The predicted octanol–water partition coefficient (Wildman–Crippen LogP) is 20.1. The van der Waals surface area contributed by atoms with Crippen LogP contribution in [0.25, 0.3) is 75.1 Å². The van der Waals surface area contributed by atoms with Crippen LogP contribution in [0.4, 0.5) is 64.1 Å². The zero-order valence-electron chi connectivity index (χ0n) is 73.1. The monoisotopic (exact) mass is 2020 g/mol. The van der Waals surface area contributed by atoms with E-state index in [9.17, 15) is 111 Å². The number of ether oxygens (including phenoxy) is 3. The lowest BCUT2D eigenvalue weighted by Crippen LogP contribution is -2.30. The number of carboxylic acids is 1. The highest BCUT2D eigenvalue weighted by Crippen LogP contribution is 2.46. The van der Waals surface area contributed by atoms with Crippen molar-refractivity contribution >= 4 is 120 Å². The molecule has 0 unspecified atom stereocenters. The van der Waals surface area contributed by atoms with Gasteiger partial charge < -0.3 is 51.3 Å². The number of aliphatic hydroxyl groups excluding tert-OH is 1. The van der Waals surface area contributed by atoms with E-state index in [4.69, 9.17) is 46.6 Å². The lowest BCUT2D eigenvalue weighted by atomic mass is 9.90. The van der Waals surface area contributed by atoms with Gasteiger partial charge in [-0.25, -0.2) is 62.0 Å². The number of nitrogens with zero attached hydrogens (tertiary/aromatic N) is 6. The maximum atomic E-state index is 13.7. The fraction of sp³-hybridized carbons (Fsp3) is 0.247. The third-order valence-electron chi connectivity index (χ3n) is 19.2. The number of aromatic carboxylic acids is 1. The zero-order valence-corrected chi connectivity index (χ0v) is 77.9. The van der Waals surface area contributed by atoms with Gasteiger partial charge in [-0.05, 0) is 136 Å².